The molecule has 1 aromatic rings. The molecule has 1 atom stereocenters. The molecule has 1 aliphatic rings. The van der Waals surface area contributed by atoms with E-state index < -0.39 is 0 Å². The molecule has 1 heterocycles. The second kappa shape index (κ2) is 8.50. The summed E-state index contributed by atoms with van der Waals surface area (Å²) in [5.74, 6) is 1.63. The Balaban J connectivity index is 0.00000200. The van der Waals surface area contributed by atoms with Gasteiger partial charge in [0.1, 0.15) is 5.75 Å². The third-order valence-corrected chi connectivity index (χ3v) is 3.64. The molecule has 1 fully saturated rings. The number of piperidine rings is 1. The van der Waals surface area contributed by atoms with E-state index in [-0.39, 0.29) is 18.5 Å². The lowest BCUT2D eigenvalue weighted by molar-refractivity contribution is 0.171. The zero-order chi connectivity index (χ0) is 13.7. The van der Waals surface area contributed by atoms with Gasteiger partial charge >= 0.3 is 0 Å². The van der Waals surface area contributed by atoms with E-state index >= 15 is 0 Å². The van der Waals surface area contributed by atoms with Gasteiger partial charge in [-0.25, -0.2) is 0 Å². The van der Waals surface area contributed by atoms with E-state index in [1.165, 1.54) is 24.9 Å². The number of nitrogens with two attached hydrogens (primary N) is 1. The molecule has 0 amide bonds. The van der Waals surface area contributed by atoms with Crippen LogP contribution in [0, 0.1) is 5.92 Å². The summed E-state index contributed by atoms with van der Waals surface area (Å²) in [6.07, 6.45) is 2.79. The van der Waals surface area contributed by atoms with E-state index in [4.69, 9.17) is 10.5 Å². The SMILES string of the molecule is CC(C)Oc1ccc(CN2CCCC(CN)C2)cc1.Cl. The number of rotatable bonds is 5. The molecular weight excluding hydrogens is 272 g/mol. The van der Waals surface area contributed by atoms with Gasteiger partial charge in [-0.15, -0.1) is 12.4 Å². The molecule has 1 unspecified atom stereocenters. The standard InChI is InChI=1S/C16H26N2O.ClH/c1-13(2)19-16-7-5-14(6-8-16)11-18-9-3-4-15(10-17)12-18;/h5-8,13,15H,3-4,9-12,17H2,1-2H3;1H. The van der Waals surface area contributed by atoms with E-state index in [2.05, 4.69) is 43.0 Å². The van der Waals surface area contributed by atoms with E-state index in [9.17, 15) is 0 Å². The smallest absolute Gasteiger partial charge is 0.119 e. The van der Waals surface area contributed by atoms with E-state index in [1.54, 1.807) is 0 Å². The Morgan fingerprint density at radius 3 is 2.60 bits per heavy atom. The molecule has 2 rings (SSSR count). The number of hydrogen-bond acceptors (Lipinski definition) is 3. The van der Waals surface area contributed by atoms with Gasteiger partial charge < -0.3 is 10.5 Å². The predicted molar refractivity (Wildman–Crippen MR) is 86.5 cm³/mol. The van der Waals surface area contributed by atoms with Gasteiger partial charge in [-0.05, 0) is 63.4 Å². The minimum absolute atomic E-state index is 0. The van der Waals surface area contributed by atoms with Crippen molar-refractivity contribution in [3.8, 4) is 5.75 Å². The predicted octanol–water partition coefficient (Wildman–Crippen LogP) is 3.07. The van der Waals surface area contributed by atoms with Crippen molar-refractivity contribution in [3.05, 3.63) is 29.8 Å². The largest absolute Gasteiger partial charge is 0.491 e. The van der Waals surface area contributed by atoms with Gasteiger partial charge in [-0.1, -0.05) is 12.1 Å². The molecule has 1 aliphatic heterocycles. The highest BCUT2D eigenvalue weighted by Crippen LogP contribution is 2.19. The van der Waals surface area contributed by atoms with E-state index in [1.807, 2.05) is 0 Å². The average molecular weight is 299 g/mol. The van der Waals surface area contributed by atoms with Crippen LogP contribution in [0.2, 0.25) is 0 Å². The van der Waals surface area contributed by atoms with Gasteiger partial charge in [-0.3, -0.25) is 4.90 Å². The van der Waals surface area contributed by atoms with Crippen molar-refractivity contribution in [2.45, 2.75) is 39.3 Å². The van der Waals surface area contributed by atoms with Crippen LogP contribution in [0.15, 0.2) is 24.3 Å². The van der Waals surface area contributed by atoms with Crippen LogP contribution < -0.4 is 10.5 Å². The highest BCUT2D eigenvalue weighted by molar-refractivity contribution is 5.85. The Morgan fingerprint density at radius 2 is 2.00 bits per heavy atom. The van der Waals surface area contributed by atoms with Crippen LogP contribution in [-0.2, 0) is 6.54 Å². The Hall–Kier alpha value is -0.770. The highest BCUT2D eigenvalue weighted by Gasteiger charge is 2.18. The molecule has 114 valence electrons. The van der Waals surface area contributed by atoms with Crippen molar-refractivity contribution in [1.29, 1.82) is 0 Å². The molecule has 0 bridgehead atoms. The minimum atomic E-state index is 0. The Kier molecular flexibility index (Phi) is 7.35. The van der Waals surface area contributed by atoms with Gasteiger partial charge in [0.05, 0.1) is 6.10 Å². The monoisotopic (exact) mass is 298 g/mol. The Labute approximate surface area is 128 Å². The maximum atomic E-state index is 5.78. The first-order valence-corrected chi connectivity index (χ1v) is 7.35. The van der Waals surface area contributed by atoms with Crippen molar-refractivity contribution in [2.75, 3.05) is 19.6 Å². The van der Waals surface area contributed by atoms with Crippen LogP contribution in [0.5, 0.6) is 5.75 Å². The normalized spacial score (nSPS) is 19.7. The Morgan fingerprint density at radius 1 is 1.30 bits per heavy atom. The number of halogens is 1. The summed E-state index contributed by atoms with van der Waals surface area (Å²) in [7, 11) is 0. The molecule has 3 nitrogen and oxygen atoms in total. The lowest BCUT2D eigenvalue weighted by Crippen LogP contribution is -2.37. The van der Waals surface area contributed by atoms with Crippen LogP contribution in [0.25, 0.3) is 0 Å². The lowest BCUT2D eigenvalue weighted by Gasteiger charge is -2.32. The number of nitrogens with zero attached hydrogens (tertiary/aromatic N) is 1. The molecule has 1 aromatic carbocycles. The summed E-state index contributed by atoms with van der Waals surface area (Å²) in [4.78, 5) is 2.51. The van der Waals surface area contributed by atoms with Crippen molar-refractivity contribution >= 4 is 12.4 Å². The fourth-order valence-corrected chi connectivity index (χ4v) is 2.69. The molecule has 0 spiro atoms. The first kappa shape index (κ1) is 17.3. The second-order valence-corrected chi connectivity index (χ2v) is 5.79. The van der Waals surface area contributed by atoms with Crippen LogP contribution in [0.3, 0.4) is 0 Å². The summed E-state index contributed by atoms with van der Waals surface area (Å²) in [5, 5.41) is 0. The maximum absolute atomic E-state index is 5.78. The quantitative estimate of drug-likeness (QED) is 0.908. The first-order valence-electron chi connectivity index (χ1n) is 7.35. The second-order valence-electron chi connectivity index (χ2n) is 5.79. The molecular formula is C16H27ClN2O. The number of likely N-dealkylation sites (tertiary alicyclic amines) is 1. The van der Waals surface area contributed by atoms with Gasteiger partial charge in [0.15, 0.2) is 0 Å². The Bertz CT molecular complexity index is 381. The van der Waals surface area contributed by atoms with Crippen molar-refractivity contribution in [2.24, 2.45) is 11.7 Å². The van der Waals surface area contributed by atoms with Crippen molar-refractivity contribution in [3.63, 3.8) is 0 Å². The van der Waals surface area contributed by atoms with Crippen LogP contribution >= 0.6 is 12.4 Å². The lowest BCUT2D eigenvalue weighted by atomic mass is 9.98. The number of hydrogen-bond donors (Lipinski definition) is 1. The highest BCUT2D eigenvalue weighted by atomic mass is 35.5. The fourth-order valence-electron chi connectivity index (χ4n) is 2.69. The van der Waals surface area contributed by atoms with Crippen LogP contribution in [-0.4, -0.2) is 30.6 Å². The molecule has 2 N–H and O–H groups in total. The molecule has 4 heteroatoms. The van der Waals surface area contributed by atoms with E-state index in [0.717, 1.165) is 25.4 Å². The first-order chi connectivity index (χ1) is 9.17. The summed E-state index contributed by atoms with van der Waals surface area (Å²) >= 11 is 0. The average Bonchev–Trinajstić information content (AvgIpc) is 2.41. The number of ether oxygens (including phenoxy) is 1. The van der Waals surface area contributed by atoms with Crippen molar-refractivity contribution < 1.29 is 4.74 Å². The van der Waals surface area contributed by atoms with Gasteiger partial charge in [0, 0.05) is 13.1 Å². The molecule has 0 aliphatic carbocycles. The summed E-state index contributed by atoms with van der Waals surface area (Å²) in [5.41, 5.74) is 7.14. The summed E-state index contributed by atoms with van der Waals surface area (Å²) in [6, 6.07) is 8.48. The van der Waals surface area contributed by atoms with Gasteiger partial charge in [-0.2, -0.15) is 0 Å². The zero-order valence-electron chi connectivity index (χ0n) is 12.5. The molecule has 0 aromatic heterocycles. The van der Waals surface area contributed by atoms with Crippen molar-refractivity contribution in [1.82, 2.24) is 4.90 Å². The minimum Gasteiger partial charge on any atom is -0.491 e. The van der Waals surface area contributed by atoms with Crippen LogP contribution in [0.4, 0.5) is 0 Å². The molecule has 0 saturated carbocycles. The maximum Gasteiger partial charge on any atom is 0.119 e. The van der Waals surface area contributed by atoms with Crippen LogP contribution in [0.1, 0.15) is 32.3 Å². The van der Waals surface area contributed by atoms with E-state index in [0.29, 0.717) is 5.92 Å². The summed E-state index contributed by atoms with van der Waals surface area (Å²) in [6.45, 7) is 8.28. The topological polar surface area (TPSA) is 38.5 Å². The fraction of sp³-hybridized carbons (Fsp3) is 0.625. The van der Waals surface area contributed by atoms with Gasteiger partial charge in [0.25, 0.3) is 0 Å². The summed E-state index contributed by atoms with van der Waals surface area (Å²) < 4.78 is 5.66. The molecule has 0 radical (unpaired) electrons. The molecule has 20 heavy (non-hydrogen) atoms. The number of benzene rings is 1. The third kappa shape index (κ3) is 5.31. The third-order valence-electron chi connectivity index (χ3n) is 3.64. The molecule has 1 saturated heterocycles. The van der Waals surface area contributed by atoms with Gasteiger partial charge in [0.2, 0.25) is 0 Å². The zero-order valence-corrected chi connectivity index (χ0v) is 13.4.